The molecule has 154 valence electrons. The number of thioether (sulfide) groups is 1. The first-order chi connectivity index (χ1) is 13.8. The summed E-state index contributed by atoms with van der Waals surface area (Å²) in [4.78, 5) is 16.7. The van der Waals surface area contributed by atoms with Crippen LogP contribution in [0.5, 0.6) is 0 Å². The van der Waals surface area contributed by atoms with Gasteiger partial charge in [-0.2, -0.15) is 0 Å². The van der Waals surface area contributed by atoms with Gasteiger partial charge in [-0.15, -0.1) is 11.3 Å². The van der Waals surface area contributed by atoms with Crippen molar-refractivity contribution in [2.24, 2.45) is 0 Å². The zero-order valence-corrected chi connectivity index (χ0v) is 18.9. The first kappa shape index (κ1) is 21.6. The number of thiazole rings is 1. The summed E-state index contributed by atoms with van der Waals surface area (Å²) >= 11 is 2.82. The van der Waals surface area contributed by atoms with Crippen molar-refractivity contribution < 1.29 is 13.2 Å². The molecule has 29 heavy (non-hydrogen) atoms. The van der Waals surface area contributed by atoms with E-state index in [1.54, 1.807) is 25.1 Å². The van der Waals surface area contributed by atoms with E-state index in [1.807, 2.05) is 13.8 Å². The molecule has 0 saturated carbocycles. The van der Waals surface area contributed by atoms with Crippen molar-refractivity contribution in [2.45, 2.75) is 31.7 Å². The summed E-state index contributed by atoms with van der Waals surface area (Å²) in [5.74, 6) is 0.248. The molecule has 0 aliphatic carbocycles. The van der Waals surface area contributed by atoms with Crippen molar-refractivity contribution in [3.63, 3.8) is 0 Å². The molecule has 0 atom stereocenters. The van der Waals surface area contributed by atoms with Crippen molar-refractivity contribution in [2.75, 3.05) is 16.2 Å². The van der Waals surface area contributed by atoms with Gasteiger partial charge in [-0.3, -0.25) is 9.52 Å². The SMILES string of the molecule is CCS(=O)(=O)Nc1ccc2nc(SCC(=O)NCc3cc(C)ccc3C)sc2c1. The number of anilines is 1. The van der Waals surface area contributed by atoms with Crippen LogP contribution in [0.2, 0.25) is 0 Å². The van der Waals surface area contributed by atoms with Crippen molar-refractivity contribution in [3.05, 3.63) is 53.1 Å². The lowest BCUT2D eigenvalue weighted by Crippen LogP contribution is -2.24. The van der Waals surface area contributed by atoms with E-state index in [4.69, 9.17) is 0 Å². The first-order valence-electron chi connectivity index (χ1n) is 9.12. The largest absolute Gasteiger partial charge is 0.351 e. The molecular formula is C20H23N3O3S3. The minimum atomic E-state index is -3.31. The molecular weight excluding hydrogens is 426 g/mol. The van der Waals surface area contributed by atoms with Crippen LogP contribution in [0, 0.1) is 13.8 Å². The molecule has 0 unspecified atom stereocenters. The molecule has 6 nitrogen and oxygen atoms in total. The highest BCUT2D eigenvalue weighted by molar-refractivity contribution is 8.01. The quantitative estimate of drug-likeness (QED) is 0.506. The van der Waals surface area contributed by atoms with E-state index >= 15 is 0 Å². The molecule has 9 heteroatoms. The van der Waals surface area contributed by atoms with Gasteiger partial charge in [0.1, 0.15) is 0 Å². The fraction of sp³-hybridized carbons (Fsp3) is 0.300. The number of fused-ring (bicyclic) bond motifs is 1. The molecule has 0 saturated heterocycles. The number of aromatic nitrogens is 1. The standard InChI is InChI=1S/C20H23N3O3S3/c1-4-29(25,26)23-16-7-8-17-18(10-16)28-20(22-17)27-12-19(24)21-11-15-9-13(2)5-6-14(15)3/h5-10,23H,4,11-12H2,1-3H3,(H,21,24). The molecule has 1 heterocycles. The lowest BCUT2D eigenvalue weighted by atomic mass is 10.1. The Balaban J connectivity index is 1.58. The third-order valence-electron chi connectivity index (χ3n) is 4.33. The Bertz CT molecular complexity index is 1140. The van der Waals surface area contributed by atoms with Crippen LogP contribution in [-0.4, -0.2) is 30.8 Å². The number of amides is 1. The van der Waals surface area contributed by atoms with E-state index in [9.17, 15) is 13.2 Å². The van der Waals surface area contributed by atoms with Crippen LogP contribution >= 0.6 is 23.1 Å². The van der Waals surface area contributed by atoms with Crippen LogP contribution < -0.4 is 10.0 Å². The first-order valence-corrected chi connectivity index (χ1v) is 12.6. The second-order valence-corrected chi connectivity index (χ2v) is 10.9. The maximum atomic E-state index is 12.2. The number of carbonyl (C=O) groups is 1. The van der Waals surface area contributed by atoms with Crippen LogP contribution in [0.4, 0.5) is 5.69 Å². The number of hydrogen-bond donors (Lipinski definition) is 2. The number of nitrogens with zero attached hydrogens (tertiary/aromatic N) is 1. The number of sulfonamides is 1. The van der Waals surface area contributed by atoms with Gasteiger partial charge in [-0.25, -0.2) is 13.4 Å². The molecule has 0 fully saturated rings. The Kier molecular flexibility index (Phi) is 6.81. The molecule has 0 spiro atoms. The van der Waals surface area contributed by atoms with Gasteiger partial charge >= 0.3 is 0 Å². The second-order valence-electron chi connectivity index (χ2n) is 6.66. The second kappa shape index (κ2) is 9.15. The molecule has 3 rings (SSSR count). The summed E-state index contributed by atoms with van der Waals surface area (Å²) in [5.41, 5.74) is 4.75. The molecule has 2 N–H and O–H groups in total. The molecule has 0 radical (unpaired) electrons. The predicted octanol–water partition coefficient (Wildman–Crippen LogP) is 4.08. The molecule has 3 aromatic rings. The number of hydrogen-bond acceptors (Lipinski definition) is 6. The summed E-state index contributed by atoms with van der Waals surface area (Å²) in [6.07, 6.45) is 0. The monoisotopic (exact) mass is 449 g/mol. The van der Waals surface area contributed by atoms with Gasteiger partial charge in [0.15, 0.2) is 4.34 Å². The molecule has 1 amide bonds. The van der Waals surface area contributed by atoms with Gasteiger partial charge in [0.05, 0.1) is 27.4 Å². The van der Waals surface area contributed by atoms with Crippen LogP contribution in [-0.2, 0) is 21.4 Å². The minimum absolute atomic E-state index is 0.0199. The Hall–Kier alpha value is -2.10. The third kappa shape index (κ3) is 5.94. The average molecular weight is 450 g/mol. The van der Waals surface area contributed by atoms with Gasteiger partial charge in [-0.1, -0.05) is 35.5 Å². The van der Waals surface area contributed by atoms with E-state index in [-0.39, 0.29) is 17.4 Å². The minimum Gasteiger partial charge on any atom is -0.351 e. The van der Waals surface area contributed by atoms with E-state index in [0.29, 0.717) is 12.2 Å². The number of nitrogens with one attached hydrogen (secondary N) is 2. The number of carbonyl (C=O) groups excluding carboxylic acids is 1. The van der Waals surface area contributed by atoms with E-state index in [0.717, 1.165) is 25.7 Å². The van der Waals surface area contributed by atoms with E-state index in [2.05, 4.69) is 33.2 Å². The van der Waals surface area contributed by atoms with Gasteiger partial charge in [0.2, 0.25) is 15.9 Å². The third-order valence-corrected chi connectivity index (χ3v) is 7.80. The number of benzene rings is 2. The van der Waals surface area contributed by atoms with Crippen LogP contribution in [0.15, 0.2) is 40.7 Å². The molecule has 0 bridgehead atoms. The highest BCUT2D eigenvalue weighted by atomic mass is 32.2. The normalized spacial score (nSPS) is 11.6. The molecule has 2 aromatic carbocycles. The average Bonchev–Trinajstić information content (AvgIpc) is 3.09. The molecule has 1 aromatic heterocycles. The zero-order chi connectivity index (χ0) is 21.0. The number of rotatable bonds is 8. The maximum Gasteiger partial charge on any atom is 0.232 e. The summed E-state index contributed by atoms with van der Waals surface area (Å²) in [6, 6.07) is 11.4. The summed E-state index contributed by atoms with van der Waals surface area (Å²) < 4.78 is 27.6. The predicted molar refractivity (Wildman–Crippen MR) is 121 cm³/mol. The van der Waals surface area contributed by atoms with Crippen LogP contribution in [0.1, 0.15) is 23.6 Å². The van der Waals surface area contributed by atoms with Crippen molar-refractivity contribution in [1.82, 2.24) is 10.3 Å². The fourth-order valence-corrected chi connectivity index (χ4v) is 5.21. The Morgan fingerprint density at radius 2 is 1.97 bits per heavy atom. The lowest BCUT2D eigenvalue weighted by Gasteiger charge is -2.08. The highest BCUT2D eigenvalue weighted by Gasteiger charge is 2.11. The van der Waals surface area contributed by atoms with Crippen molar-refractivity contribution >= 4 is 54.9 Å². The van der Waals surface area contributed by atoms with Crippen LogP contribution in [0.3, 0.4) is 0 Å². The van der Waals surface area contributed by atoms with Gasteiger partial charge < -0.3 is 5.32 Å². The fourth-order valence-electron chi connectivity index (χ4n) is 2.64. The Morgan fingerprint density at radius 3 is 2.72 bits per heavy atom. The van der Waals surface area contributed by atoms with Gasteiger partial charge in [0, 0.05) is 6.54 Å². The Labute approximate surface area is 179 Å². The molecule has 0 aliphatic rings. The van der Waals surface area contributed by atoms with Gasteiger partial charge in [-0.05, 0) is 50.1 Å². The van der Waals surface area contributed by atoms with E-state index in [1.165, 1.54) is 28.7 Å². The smallest absolute Gasteiger partial charge is 0.232 e. The van der Waals surface area contributed by atoms with Crippen molar-refractivity contribution in [3.8, 4) is 0 Å². The summed E-state index contributed by atoms with van der Waals surface area (Å²) in [5, 5.41) is 2.95. The van der Waals surface area contributed by atoms with Crippen LogP contribution in [0.25, 0.3) is 10.2 Å². The van der Waals surface area contributed by atoms with Gasteiger partial charge in [0.25, 0.3) is 0 Å². The summed E-state index contributed by atoms with van der Waals surface area (Å²) in [6.45, 7) is 6.17. The summed E-state index contributed by atoms with van der Waals surface area (Å²) in [7, 11) is -3.31. The Morgan fingerprint density at radius 1 is 1.17 bits per heavy atom. The lowest BCUT2D eigenvalue weighted by molar-refractivity contribution is -0.118. The van der Waals surface area contributed by atoms with E-state index < -0.39 is 10.0 Å². The maximum absolute atomic E-state index is 12.2. The number of aryl methyl sites for hydroxylation is 2. The molecule has 0 aliphatic heterocycles. The highest BCUT2D eigenvalue weighted by Crippen LogP contribution is 2.31. The topological polar surface area (TPSA) is 88.2 Å². The van der Waals surface area contributed by atoms with Crippen molar-refractivity contribution in [1.29, 1.82) is 0 Å². The zero-order valence-electron chi connectivity index (χ0n) is 16.5.